The maximum atomic E-state index is 11.9. The highest BCUT2D eigenvalue weighted by atomic mass is 16.6. The van der Waals surface area contributed by atoms with E-state index in [1.54, 1.807) is 0 Å². The average Bonchev–Trinajstić information content (AvgIpc) is 3.04. The number of hydrogen-bond donors (Lipinski definition) is 1. The number of rotatable bonds is 8. The van der Waals surface area contributed by atoms with Crippen molar-refractivity contribution < 1.29 is 28.6 Å². The summed E-state index contributed by atoms with van der Waals surface area (Å²) in [5.41, 5.74) is 0.350. The van der Waals surface area contributed by atoms with Gasteiger partial charge in [-0.05, 0) is 0 Å². The molecule has 1 N–H and O–H groups in total. The maximum Gasteiger partial charge on any atom is 0.419 e. The minimum Gasteiger partial charge on any atom is -0.467 e. The standard InChI is InChI=1S/C15H19N3O6/c1-4-6-23-14(20)17-12(13(19)22-3)8-11-9-16-10-18(11)15(21)24-7-5-2/h4-5,9-10,12H,1-2,6-8H2,3H3,(H,17,20). The summed E-state index contributed by atoms with van der Waals surface area (Å²) in [5, 5.41) is 2.36. The molecule has 1 unspecified atom stereocenters. The van der Waals surface area contributed by atoms with Crippen LogP contribution in [0.1, 0.15) is 5.69 Å². The number of imidazole rings is 1. The Balaban J connectivity index is 2.84. The number of aromatic nitrogens is 2. The quantitative estimate of drug-likeness (QED) is 0.429. The molecule has 0 aliphatic heterocycles. The Labute approximate surface area is 138 Å². The van der Waals surface area contributed by atoms with Crippen molar-refractivity contribution in [2.75, 3.05) is 20.3 Å². The van der Waals surface area contributed by atoms with E-state index in [0.29, 0.717) is 5.69 Å². The second-order valence-corrected chi connectivity index (χ2v) is 4.43. The van der Waals surface area contributed by atoms with E-state index < -0.39 is 24.2 Å². The van der Waals surface area contributed by atoms with Crippen LogP contribution in [-0.2, 0) is 25.4 Å². The van der Waals surface area contributed by atoms with Gasteiger partial charge in [0.2, 0.25) is 0 Å². The van der Waals surface area contributed by atoms with E-state index >= 15 is 0 Å². The molecule has 1 aromatic heterocycles. The van der Waals surface area contributed by atoms with Crippen LogP contribution >= 0.6 is 0 Å². The molecule has 0 fully saturated rings. The van der Waals surface area contributed by atoms with Crippen molar-refractivity contribution in [3.63, 3.8) is 0 Å². The Hall–Kier alpha value is -3.10. The molecule has 1 aromatic rings. The molecule has 0 spiro atoms. The third kappa shape index (κ3) is 5.59. The van der Waals surface area contributed by atoms with Gasteiger partial charge in [-0.3, -0.25) is 0 Å². The molecule has 0 saturated carbocycles. The van der Waals surface area contributed by atoms with Crippen molar-refractivity contribution in [1.82, 2.24) is 14.9 Å². The minimum absolute atomic E-state index is 0.00840. The predicted octanol–water partition coefficient (Wildman–Crippen LogP) is 1.05. The lowest BCUT2D eigenvalue weighted by molar-refractivity contribution is -0.143. The third-order valence-corrected chi connectivity index (χ3v) is 2.76. The number of ether oxygens (including phenoxy) is 3. The average molecular weight is 337 g/mol. The first kappa shape index (κ1) is 18.9. The highest BCUT2D eigenvalue weighted by Crippen LogP contribution is 2.07. The number of methoxy groups -OCH3 is 1. The van der Waals surface area contributed by atoms with Crippen LogP contribution in [0.4, 0.5) is 9.59 Å². The fraction of sp³-hybridized carbons (Fsp3) is 0.333. The summed E-state index contributed by atoms with van der Waals surface area (Å²) in [6.45, 7) is 6.88. The van der Waals surface area contributed by atoms with Crippen LogP contribution < -0.4 is 5.32 Å². The summed E-state index contributed by atoms with van der Waals surface area (Å²) in [5.74, 6) is -0.697. The lowest BCUT2D eigenvalue weighted by Crippen LogP contribution is -2.43. The minimum atomic E-state index is -1.06. The molecule has 1 atom stereocenters. The predicted molar refractivity (Wildman–Crippen MR) is 83.4 cm³/mol. The van der Waals surface area contributed by atoms with E-state index in [9.17, 15) is 14.4 Å². The molecule has 0 saturated heterocycles. The molecule has 1 rings (SSSR count). The Morgan fingerprint density at radius 2 is 1.96 bits per heavy atom. The zero-order chi connectivity index (χ0) is 17.9. The molecule has 1 heterocycles. The van der Waals surface area contributed by atoms with E-state index in [2.05, 4.69) is 28.2 Å². The van der Waals surface area contributed by atoms with E-state index in [4.69, 9.17) is 9.47 Å². The number of nitrogens with one attached hydrogen (secondary N) is 1. The molecule has 0 aliphatic carbocycles. The molecule has 0 bridgehead atoms. The van der Waals surface area contributed by atoms with Crippen molar-refractivity contribution in [1.29, 1.82) is 0 Å². The summed E-state index contributed by atoms with van der Waals surface area (Å²) in [7, 11) is 1.18. The fourth-order valence-corrected chi connectivity index (χ4v) is 1.70. The van der Waals surface area contributed by atoms with Gasteiger partial charge in [-0.15, -0.1) is 0 Å². The van der Waals surface area contributed by atoms with Crippen LogP contribution in [0.15, 0.2) is 37.8 Å². The van der Waals surface area contributed by atoms with Crippen LogP contribution in [0.25, 0.3) is 0 Å². The Morgan fingerprint density at radius 1 is 1.29 bits per heavy atom. The van der Waals surface area contributed by atoms with Gasteiger partial charge in [0.15, 0.2) is 0 Å². The maximum absolute atomic E-state index is 11.9. The number of carbonyl (C=O) groups is 3. The monoisotopic (exact) mass is 337 g/mol. The van der Waals surface area contributed by atoms with Crippen molar-refractivity contribution in [3.8, 4) is 0 Å². The number of carbonyl (C=O) groups excluding carboxylic acids is 3. The van der Waals surface area contributed by atoms with E-state index in [1.165, 1.54) is 31.8 Å². The molecular weight excluding hydrogens is 318 g/mol. The second kappa shape index (κ2) is 9.82. The summed E-state index contributed by atoms with van der Waals surface area (Å²) in [6, 6.07) is -1.06. The molecule has 0 aromatic carbocycles. The largest absolute Gasteiger partial charge is 0.467 e. The van der Waals surface area contributed by atoms with Crippen LogP contribution in [0, 0.1) is 0 Å². The van der Waals surface area contributed by atoms with Gasteiger partial charge in [-0.1, -0.05) is 25.3 Å². The topological polar surface area (TPSA) is 109 Å². The van der Waals surface area contributed by atoms with Crippen LogP contribution in [-0.4, -0.2) is 54.1 Å². The first-order valence-corrected chi connectivity index (χ1v) is 6.94. The van der Waals surface area contributed by atoms with Crippen molar-refractivity contribution in [3.05, 3.63) is 43.5 Å². The van der Waals surface area contributed by atoms with Crippen LogP contribution in [0.5, 0.6) is 0 Å². The van der Waals surface area contributed by atoms with Crippen molar-refractivity contribution in [2.24, 2.45) is 0 Å². The molecule has 1 amide bonds. The van der Waals surface area contributed by atoms with Crippen molar-refractivity contribution >= 4 is 18.2 Å². The van der Waals surface area contributed by atoms with Gasteiger partial charge in [0, 0.05) is 12.6 Å². The van der Waals surface area contributed by atoms with Crippen LogP contribution in [0.3, 0.4) is 0 Å². The van der Waals surface area contributed by atoms with E-state index in [0.717, 1.165) is 4.57 Å². The van der Waals surface area contributed by atoms with E-state index in [-0.39, 0.29) is 19.6 Å². The van der Waals surface area contributed by atoms with E-state index in [1.807, 2.05) is 0 Å². The first-order valence-electron chi connectivity index (χ1n) is 6.94. The highest BCUT2D eigenvalue weighted by Gasteiger charge is 2.25. The Morgan fingerprint density at radius 3 is 2.58 bits per heavy atom. The molecule has 9 heteroatoms. The SMILES string of the molecule is C=CCOC(=O)NC(Cc1cncn1C(=O)OCC=C)C(=O)OC. The van der Waals surface area contributed by atoms with Gasteiger partial charge in [0.05, 0.1) is 12.8 Å². The lowest BCUT2D eigenvalue weighted by Gasteiger charge is -2.16. The number of alkyl carbamates (subject to hydrolysis) is 1. The molecule has 0 radical (unpaired) electrons. The van der Waals surface area contributed by atoms with Gasteiger partial charge in [-0.2, -0.15) is 0 Å². The van der Waals surface area contributed by atoms with Crippen LogP contribution in [0.2, 0.25) is 0 Å². The molecule has 24 heavy (non-hydrogen) atoms. The Kier molecular flexibility index (Phi) is 7.76. The number of hydrogen-bond acceptors (Lipinski definition) is 7. The lowest BCUT2D eigenvalue weighted by atomic mass is 10.1. The first-order chi connectivity index (χ1) is 11.5. The summed E-state index contributed by atoms with van der Waals surface area (Å²) in [6.07, 6.45) is 3.89. The number of esters is 1. The molecule has 0 aliphatic rings. The summed E-state index contributed by atoms with van der Waals surface area (Å²) < 4.78 is 15.4. The molecule has 130 valence electrons. The highest BCUT2D eigenvalue weighted by molar-refractivity contribution is 5.81. The van der Waals surface area contributed by atoms with Gasteiger partial charge in [-0.25, -0.2) is 23.9 Å². The normalized spacial score (nSPS) is 11.0. The molecule has 9 nitrogen and oxygen atoms in total. The zero-order valence-electron chi connectivity index (χ0n) is 13.3. The zero-order valence-corrected chi connectivity index (χ0v) is 13.3. The van der Waals surface area contributed by atoms with Crippen molar-refractivity contribution in [2.45, 2.75) is 12.5 Å². The van der Waals surface area contributed by atoms with Gasteiger partial charge >= 0.3 is 18.2 Å². The third-order valence-electron chi connectivity index (χ3n) is 2.76. The summed E-state index contributed by atoms with van der Waals surface area (Å²) in [4.78, 5) is 39.2. The Bertz CT molecular complexity index is 610. The molecular formula is C15H19N3O6. The second-order valence-electron chi connectivity index (χ2n) is 4.43. The van der Waals surface area contributed by atoms with Gasteiger partial charge in [0.1, 0.15) is 25.6 Å². The fourth-order valence-electron chi connectivity index (χ4n) is 1.70. The number of nitrogens with zero attached hydrogens (tertiary/aromatic N) is 2. The van der Waals surface area contributed by atoms with Gasteiger partial charge < -0.3 is 19.5 Å². The summed E-state index contributed by atoms with van der Waals surface area (Å²) >= 11 is 0. The smallest absolute Gasteiger partial charge is 0.419 e. The number of amides is 1. The van der Waals surface area contributed by atoms with Gasteiger partial charge in [0.25, 0.3) is 0 Å².